The molecule has 1 fully saturated rings. The third-order valence-corrected chi connectivity index (χ3v) is 5.13. The monoisotopic (exact) mass is 352 g/mol. The number of carbonyl (C=O) groups is 1. The molecule has 1 atom stereocenters. The number of esters is 1. The van der Waals surface area contributed by atoms with Crippen LogP contribution < -0.4 is 0 Å². The van der Waals surface area contributed by atoms with Gasteiger partial charge in [-0.3, -0.25) is 0 Å². The number of aliphatic hydroxyl groups excluding tert-OH is 1. The van der Waals surface area contributed by atoms with Crippen molar-refractivity contribution in [2.75, 3.05) is 6.61 Å². The average molecular weight is 353 g/mol. The van der Waals surface area contributed by atoms with Gasteiger partial charge in [-0.05, 0) is 25.7 Å². The SMILES string of the molecule is CC(C)CCCCCCCCCCCCC=C1CC(C)(CO)OC1=O. The second kappa shape index (κ2) is 12.5. The number of hydrogen-bond acceptors (Lipinski definition) is 3. The van der Waals surface area contributed by atoms with E-state index >= 15 is 0 Å². The van der Waals surface area contributed by atoms with Crippen molar-refractivity contribution in [3.63, 3.8) is 0 Å². The first kappa shape index (κ1) is 22.2. The second-order valence-electron chi connectivity index (χ2n) is 8.41. The van der Waals surface area contributed by atoms with Crippen molar-refractivity contribution in [3.8, 4) is 0 Å². The topological polar surface area (TPSA) is 46.5 Å². The summed E-state index contributed by atoms with van der Waals surface area (Å²) in [4.78, 5) is 11.7. The van der Waals surface area contributed by atoms with Gasteiger partial charge in [0.2, 0.25) is 0 Å². The van der Waals surface area contributed by atoms with Gasteiger partial charge in [0.25, 0.3) is 0 Å². The highest BCUT2D eigenvalue weighted by molar-refractivity contribution is 5.91. The maximum Gasteiger partial charge on any atom is 0.334 e. The zero-order chi connectivity index (χ0) is 18.5. The van der Waals surface area contributed by atoms with Gasteiger partial charge in [0.15, 0.2) is 0 Å². The highest BCUT2D eigenvalue weighted by Crippen LogP contribution is 2.30. The van der Waals surface area contributed by atoms with Gasteiger partial charge < -0.3 is 9.84 Å². The molecule has 1 heterocycles. The standard InChI is InChI=1S/C22H40O3/c1-19(2)15-13-11-9-7-5-4-6-8-10-12-14-16-20-17-22(3,18-23)25-21(20)24/h16,19,23H,4-15,17-18H2,1-3H3. The number of cyclic esters (lactones) is 1. The van der Waals surface area contributed by atoms with Crippen molar-refractivity contribution in [2.45, 2.75) is 110 Å². The third-order valence-electron chi connectivity index (χ3n) is 5.13. The third kappa shape index (κ3) is 10.0. The molecule has 146 valence electrons. The fourth-order valence-corrected chi connectivity index (χ4v) is 3.43. The van der Waals surface area contributed by atoms with Crippen molar-refractivity contribution < 1.29 is 14.6 Å². The van der Waals surface area contributed by atoms with Gasteiger partial charge in [0.1, 0.15) is 5.60 Å². The van der Waals surface area contributed by atoms with E-state index in [0.717, 1.165) is 24.3 Å². The minimum Gasteiger partial charge on any atom is -0.453 e. The molecule has 0 aliphatic carbocycles. The molecule has 25 heavy (non-hydrogen) atoms. The summed E-state index contributed by atoms with van der Waals surface area (Å²) in [5, 5.41) is 9.25. The molecule has 1 aliphatic rings. The summed E-state index contributed by atoms with van der Waals surface area (Å²) in [5.74, 6) is 0.610. The van der Waals surface area contributed by atoms with Crippen molar-refractivity contribution in [3.05, 3.63) is 11.6 Å². The van der Waals surface area contributed by atoms with Gasteiger partial charge in [-0.2, -0.15) is 0 Å². The van der Waals surface area contributed by atoms with Crippen molar-refractivity contribution in [2.24, 2.45) is 5.92 Å². The Labute approximate surface area is 155 Å². The Balaban J connectivity index is 1.91. The molecule has 0 bridgehead atoms. The summed E-state index contributed by atoms with van der Waals surface area (Å²) in [7, 11) is 0. The van der Waals surface area contributed by atoms with Crippen molar-refractivity contribution in [1.29, 1.82) is 0 Å². The Bertz CT molecular complexity index is 400. The molecule has 0 amide bonds. The summed E-state index contributed by atoms with van der Waals surface area (Å²) in [6.07, 6.45) is 18.3. The molecule has 0 spiro atoms. The molecule has 0 aromatic carbocycles. The molecule has 0 aromatic rings. The highest BCUT2D eigenvalue weighted by Gasteiger charge is 2.38. The molecule has 3 nitrogen and oxygen atoms in total. The smallest absolute Gasteiger partial charge is 0.334 e. The number of hydrogen-bond donors (Lipinski definition) is 1. The first-order valence-electron chi connectivity index (χ1n) is 10.5. The minimum atomic E-state index is -0.697. The van der Waals surface area contributed by atoms with E-state index < -0.39 is 5.60 Å². The first-order chi connectivity index (χ1) is 12.0. The summed E-state index contributed by atoms with van der Waals surface area (Å²) < 4.78 is 5.22. The molecule has 1 rings (SSSR count). The van der Waals surface area contributed by atoms with Crippen LogP contribution in [0.25, 0.3) is 0 Å². The quantitative estimate of drug-likeness (QED) is 0.239. The van der Waals surface area contributed by atoms with Crippen molar-refractivity contribution >= 4 is 5.97 Å². The van der Waals surface area contributed by atoms with Crippen LogP contribution in [-0.2, 0) is 9.53 Å². The number of allylic oxidation sites excluding steroid dienone is 1. The number of ether oxygens (including phenoxy) is 1. The van der Waals surface area contributed by atoms with E-state index in [4.69, 9.17) is 4.74 Å². The summed E-state index contributed by atoms with van der Waals surface area (Å²) in [5.41, 5.74) is 0.0477. The highest BCUT2D eigenvalue weighted by atomic mass is 16.6. The predicted molar refractivity (Wildman–Crippen MR) is 105 cm³/mol. The zero-order valence-corrected chi connectivity index (χ0v) is 16.8. The lowest BCUT2D eigenvalue weighted by molar-refractivity contribution is -0.148. The van der Waals surface area contributed by atoms with E-state index in [9.17, 15) is 9.90 Å². The summed E-state index contributed by atoms with van der Waals surface area (Å²) in [6, 6.07) is 0. The number of aliphatic hydroxyl groups is 1. The zero-order valence-electron chi connectivity index (χ0n) is 16.8. The van der Waals surface area contributed by atoms with Gasteiger partial charge in [0, 0.05) is 12.0 Å². The molecule has 1 N–H and O–H groups in total. The van der Waals surface area contributed by atoms with Crippen LogP contribution in [0.2, 0.25) is 0 Å². The average Bonchev–Trinajstić information content (AvgIpc) is 2.86. The predicted octanol–water partition coefficient (Wildman–Crippen LogP) is 5.95. The van der Waals surface area contributed by atoms with Gasteiger partial charge in [0.05, 0.1) is 6.61 Å². The van der Waals surface area contributed by atoms with E-state index in [0.29, 0.717) is 6.42 Å². The van der Waals surface area contributed by atoms with E-state index in [1.165, 1.54) is 64.2 Å². The molecule has 3 heteroatoms. The largest absolute Gasteiger partial charge is 0.453 e. The Morgan fingerprint density at radius 2 is 1.52 bits per heavy atom. The Kier molecular flexibility index (Phi) is 11.1. The van der Waals surface area contributed by atoms with Crippen molar-refractivity contribution in [1.82, 2.24) is 0 Å². The number of rotatable bonds is 14. The van der Waals surface area contributed by atoms with Crippen LogP contribution in [-0.4, -0.2) is 23.3 Å². The summed E-state index contributed by atoms with van der Waals surface area (Å²) in [6.45, 7) is 6.30. The molecular formula is C22H40O3. The maximum absolute atomic E-state index is 11.7. The fourth-order valence-electron chi connectivity index (χ4n) is 3.43. The molecule has 0 saturated carbocycles. The molecule has 1 aliphatic heterocycles. The van der Waals surface area contributed by atoms with Gasteiger partial charge in [-0.15, -0.1) is 0 Å². The van der Waals surface area contributed by atoms with E-state index in [1.807, 2.05) is 6.08 Å². The second-order valence-corrected chi connectivity index (χ2v) is 8.41. The van der Waals surface area contributed by atoms with Gasteiger partial charge in [-0.1, -0.05) is 84.1 Å². The molecular weight excluding hydrogens is 312 g/mol. The molecule has 1 unspecified atom stereocenters. The summed E-state index contributed by atoms with van der Waals surface area (Å²) >= 11 is 0. The maximum atomic E-state index is 11.7. The lowest BCUT2D eigenvalue weighted by Crippen LogP contribution is -2.28. The molecule has 1 saturated heterocycles. The van der Waals surface area contributed by atoms with E-state index in [2.05, 4.69) is 13.8 Å². The molecule has 0 radical (unpaired) electrons. The Hall–Kier alpha value is -0.830. The lowest BCUT2D eigenvalue weighted by Gasteiger charge is -2.17. The van der Waals surface area contributed by atoms with Crippen LogP contribution in [0, 0.1) is 5.92 Å². The molecule has 0 aromatic heterocycles. The number of unbranched alkanes of at least 4 members (excludes halogenated alkanes) is 10. The van der Waals surface area contributed by atoms with Crippen LogP contribution in [0.3, 0.4) is 0 Å². The van der Waals surface area contributed by atoms with Gasteiger partial charge in [-0.25, -0.2) is 4.79 Å². The van der Waals surface area contributed by atoms with Crippen LogP contribution in [0.1, 0.15) is 104 Å². The minimum absolute atomic E-state index is 0.103. The van der Waals surface area contributed by atoms with E-state index in [-0.39, 0.29) is 12.6 Å². The van der Waals surface area contributed by atoms with Crippen LogP contribution >= 0.6 is 0 Å². The van der Waals surface area contributed by atoms with Crippen LogP contribution in [0.15, 0.2) is 11.6 Å². The Morgan fingerprint density at radius 1 is 1.00 bits per heavy atom. The fraction of sp³-hybridized carbons (Fsp3) is 0.864. The van der Waals surface area contributed by atoms with Crippen LogP contribution in [0.4, 0.5) is 0 Å². The van der Waals surface area contributed by atoms with Crippen LogP contribution in [0.5, 0.6) is 0 Å². The number of carbonyl (C=O) groups excluding carboxylic acids is 1. The van der Waals surface area contributed by atoms with Gasteiger partial charge >= 0.3 is 5.97 Å². The first-order valence-corrected chi connectivity index (χ1v) is 10.5. The Morgan fingerprint density at radius 3 is 2.00 bits per heavy atom. The lowest BCUT2D eigenvalue weighted by atomic mass is 9.99. The van der Waals surface area contributed by atoms with E-state index in [1.54, 1.807) is 6.92 Å². The normalized spacial score (nSPS) is 22.1.